The lowest BCUT2D eigenvalue weighted by molar-refractivity contribution is 0.0545. The van der Waals surface area contributed by atoms with E-state index in [-0.39, 0.29) is 23.8 Å². The molecule has 1 aromatic heterocycles. The zero-order valence-corrected chi connectivity index (χ0v) is 14.1. The molecule has 2 aromatic rings. The van der Waals surface area contributed by atoms with Gasteiger partial charge in [-0.05, 0) is 42.4 Å². The largest absolute Gasteiger partial charge is 0.454 e. The molecule has 0 unspecified atom stereocenters. The Morgan fingerprint density at radius 3 is 2.96 bits per heavy atom. The highest BCUT2D eigenvalue weighted by molar-refractivity contribution is 5.92. The molecule has 3 heterocycles. The molecule has 0 radical (unpaired) electrons. The third-order valence-electron chi connectivity index (χ3n) is 4.96. The van der Waals surface area contributed by atoms with E-state index < -0.39 is 0 Å². The fourth-order valence-electron chi connectivity index (χ4n) is 3.79. The number of fused-ring (bicyclic) bond motifs is 1. The molecule has 2 aliphatic rings. The van der Waals surface area contributed by atoms with Crippen LogP contribution in [-0.4, -0.2) is 40.7 Å². The molecule has 1 atom stereocenters. The average molecular weight is 343 g/mol. The van der Waals surface area contributed by atoms with Crippen molar-refractivity contribution in [2.45, 2.75) is 26.2 Å². The molecule has 1 aromatic carbocycles. The van der Waals surface area contributed by atoms with Gasteiger partial charge in [0, 0.05) is 19.3 Å². The molecule has 1 saturated heterocycles. The van der Waals surface area contributed by atoms with Gasteiger partial charge in [0.1, 0.15) is 5.69 Å². The summed E-state index contributed by atoms with van der Waals surface area (Å²) in [6.07, 6.45) is 4.29. The quantitative estimate of drug-likeness (QED) is 0.891. The van der Waals surface area contributed by atoms with Crippen molar-refractivity contribution >= 4 is 5.91 Å². The summed E-state index contributed by atoms with van der Waals surface area (Å²) in [7, 11) is 0. The average Bonchev–Trinajstić information content (AvgIpc) is 3.22. The number of ether oxygens (including phenoxy) is 2. The standard InChI is InChI=1S/C18H21N3O4/c1-18(8-12-3-4-14-15(7-12)25-11-24-14)5-2-6-21(10-18)16(22)13-9-19-17(23)20-13/h3-4,7,9H,2,5-6,8,10-11H2,1H3,(H2,19,20,23)/t18-/m1/s1. The molecule has 4 rings (SSSR count). The summed E-state index contributed by atoms with van der Waals surface area (Å²) >= 11 is 0. The van der Waals surface area contributed by atoms with Crippen LogP contribution in [0.5, 0.6) is 11.5 Å². The molecule has 132 valence electrons. The van der Waals surface area contributed by atoms with Gasteiger partial charge >= 0.3 is 5.69 Å². The van der Waals surface area contributed by atoms with Gasteiger partial charge in [-0.2, -0.15) is 0 Å². The first kappa shape index (κ1) is 15.8. The van der Waals surface area contributed by atoms with Crippen LogP contribution in [0.4, 0.5) is 0 Å². The maximum absolute atomic E-state index is 12.6. The number of nitrogens with zero attached hydrogens (tertiary/aromatic N) is 1. The lowest BCUT2D eigenvalue weighted by atomic mass is 9.77. The third kappa shape index (κ3) is 3.14. The van der Waals surface area contributed by atoms with Crippen LogP contribution < -0.4 is 15.2 Å². The fraction of sp³-hybridized carbons (Fsp3) is 0.444. The number of hydrogen-bond acceptors (Lipinski definition) is 4. The van der Waals surface area contributed by atoms with Crippen molar-refractivity contribution in [1.29, 1.82) is 0 Å². The first-order valence-corrected chi connectivity index (χ1v) is 8.48. The third-order valence-corrected chi connectivity index (χ3v) is 4.96. The van der Waals surface area contributed by atoms with Crippen LogP contribution in [-0.2, 0) is 6.42 Å². The summed E-state index contributed by atoms with van der Waals surface area (Å²) in [4.78, 5) is 30.7. The van der Waals surface area contributed by atoms with Gasteiger partial charge in [0.25, 0.3) is 5.91 Å². The number of rotatable bonds is 3. The van der Waals surface area contributed by atoms with E-state index in [2.05, 4.69) is 23.0 Å². The summed E-state index contributed by atoms with van der Waals surface area (Å²) in [6, 6.07) is 6.03. The van der Waals surface area contributed by atoms with Gasteiger partial charge < -0.3 is 24.3 Å². The number of H-pyrrole nitrogens is 2. The maximum atomic E-state index is 12.6. The zero-order chi connectivity index (χ0) is 17.4. The van der Waals surface area contributed by atoms with Crippen LogP contribution in [0.25, 0.3) is 0 Å². The van der Waals surface area contributed by atoms with Gasteiger partial charge in [-0.25, -0.2) is 4.79 Å². The van der Waals surface area contributed by atoms with E-state index in [1.807, 2.05) is 17.0 Å². The number of aromatic amines is 2. The summed E-state index contributed by atoms with van der Waals surface area (Å²) in [5, 5.41) is 0. The molecule has 1 fully saturated rings. The van der Waals surface area contributed by atoms with Crippen molar-refractivity contribution in [3.05, 3.63) is 46.1 Å². The number of carbonyl (C=O) groups is 1. The van der Waals surface area contributed by atoms with Crippen LogP contribution in [0.1, 0.15) is 35.8 Å². The van der Waals surface area contributed by atoms with E-state index in [1.165, 1.54) is 11.8 Å². The predicted octanol–water partition coefficient (Wildman–Crippen LogP) is 1.92. The van der Waals surface area contributed by atoms with Crippen LogP contribution in [0.3, 0.4) is 0 Å². The molecule has 2 aliphatic heterocycles. The molecule has 1 amide bonds. The van der Waals surface area contributed by atoms with E-state index in [1.54, 1.807) is 0 Å². The van der Waals surface area contributed by atoms with Gasteiger partial charge in [-0.1, -0.05) is 13.0 Å². The van der Waals surface area contributed by atoms with Crippen molar-refractivity contribution in [2.75, 3.05) is 19.9 Å². The molecule has 7 nitrogen and oxygen atoms in total. The number of aromatic nitrogens is 2. The van der Waals surface area contributed by atoms with E-state index in [0.29, 0.717) is 18.8 Å². The summed E-state index contributed by atoms with van der Waals surface area (Å²) in [5.74, 6) is 1.44. The highest BCUT2D eigenvalue weighted by Gasteiger charge is 2.34. The summed E-state index contributed by atoms with van der Waals surface area (Å²) in [6.45, 7) is 3.85. The van der Waals surface area contributed by atoms with Crippen LogP contribution in [0, 0.1) is 5.41 Å². The Hall–Kier alpha value is -2.70. The Balaban J connectivity index is 1.49. The number of imidazole rings is 1. The number of benzene rings is 1. The normalized spacial score (nSPS) is 22.2. The van der Waals surface area contributed by atoms with Gasteiger partial charge in [0.15, 0.2) is 11.5 Å². The molecule has 0 bridgehead atoms. The van der Waals surface area contributed by atoms with Crippen LogP contribution >= 0.6 is 0 Å². The Morgan fingerprint density at radius 1 is 1.32 bits per heavy atom. The molecular weight excluding hydrogens is 322 g/mol. The second-order valence-corrected chi connectivity index (χ2v) is 7.16. The Bertz CT molecular complexity index is 856. The molecular formula is C18H21N3O4. The summed E-state index contributed by atoms with van der Waals surface area (Å²) in [5.41, 5.74) is 1.12. The topological polar surface area (TPSA) is 87.4 Å². The SMILES string of the molecule is C[C@]1(Cc2ccc3c(c2)OCO3)CCCN(C(=O)c2c[nH]c(=O)[nH]2)C1. The molecule has 7 heteroatoms. The van der Waals surface area contributed by atoms with Crippen molar-refractivity contribution < 1.29 is 14.3 Å². The second kappa shape index (κ2) is 5.98. The van der Waals surface area contributed by atoms with Gasteiger partial charge in [-0.3, -0.25) is 4.79 Å². The lowest BCUT2D eigenvalue weighted by Gasteiger charge is -2.40. The monoisotopic (exact) mass is 343 g/mol. The number of piperidine rings is 1. The number of likely N-dealkylation sites (tertiary alicyclic amines) is 1. The predicted molar refractivity (Wildman–Crippen MR) is 90.9 cm³/mol. The Morgan fingerprint density at radius 2 is 2.16 bits per heavy atom. The number of hydrogen-bond donors (Lipinski definition) is 2. The Labute approximate surface area is 145 Å². The van der Waals surface area contributed by atoms with Gasteiger partial charge in [-0.15, -0.1) is 0 Å². The van der Waals surface area contributed by atoms with E-state index >= 15 is 0 Å². The lowest BCUT2D eigenvalue weighted by Crippen LogP contribution is -2.46. The fourth-order valence-corrected chi connectivity index (χ4v) is 3.79. The second-order valence-electron chi connectivity index (χ2n) is 7.16. The van der Waals surface area contributed by atoms with E-state index in [4.69, 9.17) is 9.47 Å². The minimum Gasteiger partial charge on any atom is -0.454 e. The van der Waals surface area contributed by atoms with Crippen molar-refractivity contribution in [2.24, 2.45) is 5.41 Å². The summed E-state index contributed by atoms with van der Waals surface area (Å²) < 4.78 is 10.8. The number of carbonyl (C=O) groups excluding carboxylic acids is 1. The number of nitrogens with one attached hydrogen (secondary N) is 2. The van der Waals surface area contributed by atoms with Crippen molar-refractivity contribution in [3.8, 4) is 11.5 Å². The minimum absolute atomic E-state index is 0.0157. The number of amides is 1. The molecule has 0 saturated carbocycles. The van der Waals surface area contributed by atoms with E-state index in [9.17, 15) is 9.59 Å². The smallest absolute Gasteiger partial charge is 0.323 e. The van der Waals surface area contributed by atoms with Crippen LogP contribution in [0.2, 0.25) is 0 Å². The van der Waals surface area contributed by atoms with Gasteiger partial charge in [0.2, 0.25) is 6.79 Å². The van der Waals surface area contributed by atoms with E-state index in [0.717, 1.165) is 30.8 Å². The molecule has 2 N–H and O–H groups in total. The maximum Gasteiger partial charge on any atom is 0.323 e. The minimum atomic E-state index is -0.358. The first-order chi connectivity index (χ1) is 12.0. The van der Waals surface area contributed by atoms with Crippen molar-refractivity contribution in [1.82, 2.24) is 14.9 Å². The van der Waals surface area contributed by atoms with Gasteiger partial charge in [0.05, 0.1) is 0 Å². The molecule has 0 aliphatic carbocycles. The first-order valence-electron chi connectivity index (χ1n) is 8.48. The molecule has 0 spiro atoms. The van der Waals surface area contributed by atoms with Crippen LogP contribution in [0.15, 0.2) is 29.2 Å². The van der Waals surface area contributed by atoms with Crippen molar-refractivity contribution in [3.63, 3.8) is 0 Å². The molecule has 25 heavy (non-hydrogen) atoms. The highest BCUT2D eigenvalue weighted by Crippen LogP contribution is 2.37. The highest BCUT2D eigenvalue weighted by atomic mass is 16.7. The zero-order valence-electron chi connectivity index (χ0n) is 14.1. The Kier molecular flexibility index (Phi) is 3.78.